The average molecular weight is 538 g/mol. The molecule has 10 heteroatoms. The summed E-state index contributed by atoms with van der Waals surface area (Å²) < 4.78 is 29.4. The van der Waals surface area contributed by atoms with Crippen molar-refractivity contribution in [3.05, 3.63) is 74.2 Å². The van der Waals surface area contributed by atoms with Crippen LogP contribution in [0.3, 0.4) is 0 Å². The van der Waals surface area contributed by atoms with E-state index >= 15 is 0 Å². The van der Waals surface area contributed by atoms with Gasteiger partial charge < -0.3 is 10.6 Å². The minimum Gasteiger partial charge on any atom is -0.348 e. The number of carbonyl (C=O) groups is 1. The van der Waals surface area contributed by atoms with Gasteiger partial charge in [-0.1, -0.05) is 30.3 Å². The Morgan fingerprint density at radius 2 is 2.00 bits per heavy atom. The van der Waals surface area contributed by atoms with Gasteiger partial charge >= 0.3 is 0 Å². The number of rotatable bonds is 5. The molecule has 7 nitrogen and oxygen atoms in total. The number of hydrogen-bond acceptors (Lipinski definition) is 6. The molecule has 1 unspecified atom stereocenters. The van der Waals surface area contributed by atoms with Crippen LogP contribution in [0.4, 0.5) is 5.69 Å². The summed E-state index contributed by atoms with van der Waals surface area (Å²) >= 11 is 3.53. The molecule has 0 radical (unpaired) electrons. The van der Waals surface area contributed by atoms with Crippen LogP contribution in [0.25, 0.3) is 0 Å². The van der Waals surface area contributed by atoms with Crippen LogP contribution in [0.5, 0.6) is 0 Å². The topological polar surface area (TPSA) is 101 Å². The molecule has 2 heterocycles. The predicted octanol–water partition coefficient (Wildman–Crippen LogP) is 3.21. The molecule has 0 bridgehead atoms. The summed E-state index contributed by atoms with van der Waals surface area (Å²) in [5.41, 5.74) is 1.35. The Morgan fingerprint density at radius 3 is 2.72 bits per heavy atom. The lowest BCUT2D eigenvalue weighted by Crippen LogP contribution is -2.40. The first-order chi connectivity index (χ1) is 13.9. The van der Waals surface area contributed by atoms with Crippen LogP contribution >= 0.6 is 33.9 Å². The summed E-state index contributed by atoms with van der Waals surface area (Å²) in [7, 11) is -3.94. The highest BCUT2D eigenvalue weighted by atomic mass is 127. The van der Waals surface area contributed by atoms with Crippen molar-refractivity contribution >= 4 is 61.4 Å². The van der Waals surface area contributed by atoms with E-state index in [1.807, 2.05) is 58.3 Å². The Kier molecular flexibility index (Phi) is 5.65. The fraction of sp³-hybridized carbons (Fsp3) is 0.105. The van der Waals surface area contributed by atoms with Gasteiger partial charge in [0, 0.05) is 21.7 Å². The molecule has 1 aromatic heterocycles. The summed E-state index contributed by atoms with van der Waals surface area (Å²) in [6.45, 7) is 0.261. The molecule has 148 valence electrons. The van der Waals surface area contributed by atoms with Crippen molar-refractivity contribution in [3.8, 4) is 0 Å². The maximum Gasteiger partial charge on any atom is 0.287 e. The Morgan fingerprint density at radius 1 is 1.21 bits per heavy atom. The minimum absolute atomic E-state index is 0.0610. The van der Waals surface area contributed by atoms with Crippen LogP contribution < -0.4 is 10.6 Å². The SMILES string of the molecule is O=C(NCC(c1ccccc1)c1nccs1)C1=NS(=O)(=O)c2cc(I)ccc2N1. The number of aromatic nitrogens is 1. The van der Waals surface area contributed by atoms with E-state index in [9.17, 15) is 13.2 Å². The van der Waals surface area contributed by atoms with Gasteiger partial charge in [-0.25, -0.2) is 4.98 Å². The number of anilines is 1. The molecule has 3 aromatic rings. The van der Waals surface area contributed by atoms with E-state index < -0.39 is 15.9 Å². The number of nitrogens with one attached hydrogen (secondary N) is 2. The Balaban J connectivity index is 1.55. The highest BCUT2D eigenvalue weighted by Gasteiger charge is 2.29. The van der Waals surface area contributed by atoms with Gasteiger partial charge in [0.05, 0.1) is 11.6 Å². The minimum atomic E-state index is -3.94. The van der Waals surface area contributed by atoms with Gasteiger partial charge in [-0.05, 0) is 46.4 Å². The maximum atomic E-state index is 12.7. The molecular weight excluding hydrogens is 523 g/mol. The van der Waals surface area contributed by atoms with Crippen LogP contribution in [-0.2, 0) is 14.8 Å². The standard InChI is InChI=1S/C19H15IN4O3S2/c20-13-6-7-15-16(10-13)29(26,27)24-17(23-15)18(25)22-11-14(19-21-8-9-28-19)12-4-2-1-3-5-12/h1-10,14H,11H2,(H,22,25)(H,23,24). The van der Waals surface area contributed by atoms with Crippen molar-refractivity contribution in [2.75, 3.05) is 11.9 Å². The number of amidine groups is 1. The third kappa shape index (κ3) is 4.33. The molecule has 1 aliphatic rings. The van der Waals surface area contributed by atoms with E-state index in [4.69, 9.17) is 0 Å². The number of amides is 1. The van der Waals surface area contributed by atoms with Gasteiger partial charge in [0.25, 0.3) is 15.9 Å². The zero-order chi connectivity index (χ0) is 20.4. The van der Waals surface area contributed by atoms with Gasteiger partial charge in [-0.3, -0.25) is 4.79 Å². The molecule has 0 aliphatic carbocycles. The summed E-state index contributed by atoms with van der Waals surface area (Å²) in [5, 5.41) is 8.35. The highest BCUT2D eigenvalue weighted by molar-refractivity contribution is 14.1. The molecule has 0 saturated carbocycles. The fourth-order valence-corrected chi connectivity index (χ4v) is 5.56. The first-order valence-corrected chi connectivity index (χ1v) is 12.0. The Bertz CT molecular complexity index is 1180. The zero-order valence-corrected chi connectivity index (χ0v) is 18.7. The lowest BCUT2D eigenvalue weighted by atomic mass is 10.00. The highest BCUT2D eigenvalue weighted by Crippen LogP contribution is 2.29. The Labute approximate surface area is 185 Å². The number of halogens is 1. The van der Waals surface area contributed by atoms with Crippen LogP contribution in [0.15, 0.2) is 69.4 Å². The molecular formula is C19H15IN4O3S2. The predicted molar refractivity (Wildman–Crippen MR) is 121 cm³/mol. The lowest BCUT2D eigenvalue weighted by Gasteiger charge is -2.20. The first kappa shape index (κ1) is 20.0. The number of benzene rings is 2. The van der Waals surface area contributed by atoms with E-state index in [-0.39, 0.29) is 23.2 Å². The summed E-state index contributed by atoms with van der Waals surface area (Å²) in [6, 6.07) is 14.6. The zero-order valence-electron chi connectivity index (χ0n) is 14.9. The van der Waals surface area contributed by atoms with E-state index in [1.54, 1.807) is 18.3 Å². The van der Waals surface area contributed by atoms with Crippen molar-refractivity contribution in [1.82, 2.24) is 10.3 Å². The van der Waals surface area contributed by atoms with Gasteiger partial charge in [0.2, 0.25) is 5.84 Å². The second kappa shape index (κ2) is 8.20. The molecule has 1 aliphatic heterocycles. The number of nitrogens with zero attached hydrogens (tertiary/aromatic N) is 2. The van der Waals surface area contributed by atoms with E-state index in [2.05, 4.69) is 20.0 Å². The van der Waals surface area contributed by atoms with Crippen molar-refractivity contribution in [2.45, 2.75) is 10.8 Å². The monoisotopic (exact) mass is 538 g/mol. The molecule has 0 spiro atoms. The third-order valence-electron chi connectivity index (χ3n) is 4.32. The summed E-state index contributed by atoms with van der Waals surface area (Å²) in [4.78, 5) is 17.1. The molecule has 1 amide bonds. The van der Waals surface area contributed by atoms with E-state index in [0.29, 0.717) is 5.69 Å². The largest absolute Gasteiger partial charge is 0.348 e. The van der Waals surface area contributed by atoms with Crippen molar-refractivity contribution in [1.29, 1.82) is 0 Å². The third-order valence-corrected chi connectivity index (χ3v) is 7.20. The number of thiazole rings is 1. The van der Waals surface area contributed by atoms with Crippen LogP contribution in [0.1, 0.15) is 16.5 Å². The normalized spacial score (nSPS) is 15.6. The van der Waals surface area contributed by atoms with Crippen LogP contribution in [0.2, 0.25) is 0 Å². The number of fused-ring (bicyclic) bond motifs is 1. The number of carbonyl (C=O) groups excluding carboxylic acids is 1. The lowest BCUT2D eigenvalue weighted by molar-refractivity contribution is -0.114. The van der Waals surface area contributed by atoms with Gasteiger partial charge in [-0.15, -0.1) is 15.7 Å². The van der Waals surface area contributed by atoms with Crippen LogP contribution in [0, 0.1) is 3.57 Å². The van der Waals surface area contributed by atoms with Crippen molar-refractivity contribution < 1.29 is 13.2 Å². The second-order valence-electron chi connectivity index (χ2n) is 6.22. The second-order valence-corrected chi connectivity index (χ2v) is 9.97. The van der Waals surface area contributed by atoms with E-state index in [0.717, 1.165) is 14.1 Å². The van der Waals surface area contributed by atoms with Gasteiger partial charge in [-0.2, -0.15) is 8.42 Å². The summed E-state index contributed by atoms with van der Waals surface area (Å²) in [5.74, 6) is -0.977. The van der Waals surface area contributed by atoms with E-state index in [1.165, 1.54) is 17.4 Å². The summed E-state index contributed by atoms with van der Waals surface area (Å²) in [6.07, 6.45) is 1.72. The number of sulfonamides is 1. The maximum absolute atomic E-state index is 12.7. The Hall–Kier alpha value is -2.31. The first-order valence-electron chi connectivity index (χ1n) is 8.58. The fourth-order valence-electron chi connectivity index (χ4n) is 2.95. The average Bonchev–Trinajstić information content (AvgIpc) is 3.23. The van der Waals surface area contributed by atoms with Crippen LogP contribution in [-0.4, -0.2) is 31.7 Å². The molecule has 0 saturated heterocycles. The molecule has 4 rings (SSSR count). The van der Waals surface area contributed by atoms with Crippen molar-refractivity contribution in [3.63, 3.8) is 0 Å². The molecule has 1 atom stereocenters. The van der Waals surface area contributed by atoms with Crippen molar-refractivity contribution in [2.24, 2.45) is 4.40 Å². The number of hydrogen-bond donors (Lipinski definition) is 2. The van der Waals surface area contributed by atoms with Gasteiger partial charge in [0.15, 0.2) is 0 Å². The smallest absolute Gasteiger partial charge is 0.287 e. The molecule has 2 aromatic carbocycles. The molecule has 2 N–H and O–H groups in total. The van der Waals surface area contributed by atoms with Gasteiger partial charge in [0.1, 0.15) is 9.90 Å². The quantitative estimate of drug-likeness (QED) is 0.486. The molecule has 0 fully saturated rings. The molecule has 29 heavy (non-hydrogen) atoms.